The number of hydrogen-bond donors (Lipinski definition) is 2. The predicted octanol–water partition coefficient (Wildman–Crippen LogP) is 5.97. The summed E-state index contributed by atoms with van der Waals surface area (Å²) >= 11 is 0. The second kappa shape index (κ2) is 10.0. The topological polar surface area (TPSA) is 62.2 Å². The van der Waals surface area contributed by atoms with E-state index in [1.165, 1.54) is 0 Å². The lowest BCUT2D eigenvalue weighted by atomic mass is 9.86. The van der Waals surface area contributed by atoms with Crippen molar-refractivity contribution in [2.75, 3.05) is 26.4 Å². The molecule has 2 heterocycles. The number of benzene rings is 3. The summed E-state index contributed by atoms with van der Waals surface area (Å²) in [5.74, 6) is 1.81. The number of phenolic OH excluding ortho intramolecular Hbond substituents is 2. The Hall–Kier alpha value is -3.51. The van der Waals surface area contributed by atoms with E-state index < -0.39 is 6.10 Å². The Morgan fingerprint density at radius 3 is 2.60 bits per heavy atom. The Morgan fingerprint density at radius 1 is 1.03 bits per heavy atom. The zero-order chi connectivity index (χ0) is 24.4. The van der Waals surface area contributed by atoms with Gasteiger partial charge in [0.15, 0.2) is 0 Å². The van der Waals surface area contributed by atoms with Gasteiger partial charge in [0.25, 0.3) is 0 Å². The van der Waals surface area contributed by atoms with E-state index in [1.807, 2.05) is 43.3 Å². The Bertz CT molecular complexity index is 1220. The van der Waals surface area contributed by atoms with E-state index in [0.717, 1.165) is 59.5 Å². The van der Waals surface area contributed by atoms with Crippen molar-refractivity contribution in [3.05, 3.63) is 83.4 Å². The van der Waals surface area contributed by atoms with Crippen molar-refractivity contribution in [3.63, 3.8) is 0 Å². The maximum atomic E-state index is 13.1. The molecule has 2 N–H and O–H groups in total. The normalized spacial score (nSPS) is 19.9. The molecule has 2 aliphatic heterocycles. The smallest absolute Gasteiger partial charge is 0.150 e. The first-order chi connectivity index (χ1) is 17.0. The van der Waals surface area contributed by atoms with Crippen LogP contribution in [0.25, 0.3) is 11.1 Å². The number of ether oxygens (including phenoxy) is 2. The zero-order valence-corrected chi connectivity index (χ0v) is 19.8. The van der Waals surface area contributed by atoms with Crippen molar-refractivity contribution < 1.29 is 24.1 Å². The minimum Gasteiger partial charge on any atom is -0.508 e. The fourth-order valence-electron chi connectivity index (χ4n) is 5.10. The molecule has 0 aliphatic carbocycles. The van der Waals surface area contributed by atoms with E-state index in [-0.39, 0.29) is 24.2 Å². The van der Waals surface area contributed by atoms with Gasteiger partial charge in [0.1, 0.15) is 42.4 Å². The van der Waals surface area contributed by atoms with Crippen molar-refractivity contribution >= 4 is 11.1 Å². The third-order valence-corrected chi connectivity index (χ3v) is 6.94. The van der Waals surface area contributed by atoms with Crippen LogP contribution in [0.3, 0.4) is 0 Å². The summed E-state index contributed by atoms with van der Waals surface area (Å²) in [7, 11) is 0. The van der Waals surface area contributed by atoms with Crippen LogP contribution in [0.1, 0.15) is 42.6 Å². The van der Waals surface area contributed by atoms with Gasteiger partial charge in [-0.25, -0.2) is 4.39 Å². The Balaban J connectivity index is 1.39. The first-order valence-corrected chi connectivity index (χ1v) is 12.1. The fraction of sp³-hybridized carbons (Fsp3) is 0.310. The summed E-state index contributed by atoms with van der Waals surface area (Å²) in [4.78, 5) is 2.16. The molecule has 0 amide bonds. The minimum atomic E-state index is -0.391. The van der Waals surface area contributed by atoms with Crippen molar-refractivity contribution in [3.8, 4) is 23.0 Å². The van der Waals surface area contributed by atoms with Gasteiger partial charge in [-0.05, 0) is 85.5 Å². The maximum Gasteiger partial charge on any atom is 0.150 e. The fourth-order valence-corrected chi connectivity index (χ4v) is 5.10. The lowest BCUT2D eigenvalue weighted by molar-refractivity contribution is 0.176. The van der Waals surface area contributed by atoms with Crippen LogP contribution in [0.2, 0.25) is 0 Å². The zero-order valence-electron chi connectivity index (χ0n) is 19.8. The molecule has 5 nitrogen and oxygen atoms in total. The van der Waals surface area contributed by atoms with Gasteiger partial charge in [-0.2, -0.15) is 0 Å². The molecule has 182 valence electrons. The molecule has 0 bridgehead atoms. The molecule has 5 rings (SSSR count). The number of nitrogens with zero attached hydrogens (tertiary/aromatic N) is 1. The number of allylic oxidation sites excluding steroid dienone is 1. The highest BCUT2D eigenvalue weighted by molar-refractivity contribution is 5.95. The van der Waals surface area contributed by atoms with Gasteiger partial charge in [0, 0.05) is 23.7 Å². The van der Waals surface area contributed by atoms with E-state index in [4.69, 9.17) is 9.47 Å². The number of likely N-dealkylation sites (tertiary alicyclic amines) is 1. The van der Waals surface area contributed by atoms with Crippen molar-refractivity contribution in [2.45, 2.75) is 31.9 Å². The predicted molar refractivity (Wildman–Crippen MR) is 135 cm³/mol. The van der Waals surface area contributed by atoms with Crippen LogP contribution in [0.5, 0.6) is 23.0 Å². The number of phenols is 2. The number of alkyl halides is 1. The maximum absolute atomic E-state index is 13.1. The third-order valence-electron chi connectivity index (χ3n) is 6.94. The average Bonchev–Trinajstić information content (AvgIpc) is 3.32. The Labute approximate surface area is 205 Å². The molecule has 3 aromatic carbocycles. The molecule has 1 fully saturated rings. The molecule has 6 heteroatoms. The van der Waals surface area contributed by atoms with Crippen LogP contribution < -0.4 is 9.47 Å². The second-order valence-electron chi connectivity index (χ2n) is 9.17. The average molecular weight is 476 g/mol. The SMILES string of the molecule is CC1=C(c2cccc(O)c2)C(c2ccc(OCCN3CCC[C@H]3CF)cc2)Oc2ccc(O)cc21. The number of rotatable bonds is 7. The molecule has 0 radical (unpaired) electrons. The van der Waals surface area contributed by atoms with E-state index >= 15 is 0 Å². The van der Waals surface area contributed by atoms with Gasteiger partial charge in [0.2, 0.25) is 0 Å². The van der Waals surface area contributed by atoms with Crippen molar-refractivity contribution in [1.29, 1.82) is 0 Å². The highest BCUT2D eigenvalue weighted by atomic mass is 19.1. The molecule has 35 heavy (non-hydrogen) atoms. The monoisotopic (exact) mass is 475 g/mol. The molecule has 0 aromatic heterocycles. The quantitative estimate of drug-likeness (QED) is 0.441. The van der Waals surface area contributed by atoms with Crippen molar-refractivity contribution in [2.24, 2.45) is 0 Å². The molecule has 3 aromatic rings. The highest BCUT2D eigenvalue weighted by Gasteiger charge is 2.30. The summed E-state index contributed by atoms with van der Waals surface area (Å²) in [6.45, 7) is 3.87. The summed E-state index contributed by atoms with van der Waals surface area (Å²) in [6.07, 6.45) is 1.57. The number of fused-ring (bicyclic) bond motifs is 1. The molecular formula is C29H30FNO4. The van der Waals surface area contributed by atoms with E-state index in [0.29, 0.717) is 12.4 Å². The van der Waals surface area contributed by atoms with Crippen LogP contribution >= 0.6 is 0 Å². The molecule has 1 unspecified atom stereocenters. The summed E-state index contributed by atoms with van der Waals surface area (Å²) in [6, 6.07) is 20.1. The largest absolute Gasteiger partial charge is 0.508 e. The van der Waals surface area contributed by atoms with E-state index in [9.17, 15) is 14.6 Å². The lowest BCUT2D eigenvalue weighted by Crippen LogP contribution is -2.34. The summed E-state index contributed by atoms with van der Waals surface area (Å²) < 4.78 is 25.5. The molecular weight excluding hydrogens is 445 g/mol. The standard InChI is InChI=1S/C29H30FNO4/c1-19-26-17-24(33)9-12-27(26)35-29(28(19)21-4-2-6-23(32)16-21)20-7-10-25(11-8-20)34-15-14-31-13-3-5-22(31)18-30/h2,4,6-12,16-17,22,29,32-33H,3,5,13-15,18H2,1H3/t22-,29?/m0/s1. The molecule has 2 atom stereocenters. The second-order valence-corrected chi connectivity index (χ2v) is 9.17. The number of halogens is 1. The molecule has 0 spiro atoms. The first-order valence-electron chi connectivity index (χ1n) is 12.1. The van der Waals surface area contributed by atoms with Crippen LogP contribution in [0.4, 0.5) is 4.39 Å². The molecule has 1 saturated heterocycles. The molecule has 0 saturated carbocycles. The number of hydrogen-bond acceptors (Lipinski definition) is 5. The molecule has 2 aliphatic rings. The summed E-state index contributed by atoms with van der Waals surface area (Å²) in [5.41, 5.74) is 4.54. The van der Waals surface area contributed by atoms with Crippen LogP contribution in [-0.2, 0) is 0 Å². The number of aromatic hydroxyl groups is 2. The van der Waals surface area contributed by atoms with Gasteiger partial charge >= 0.3 is 0 Å². The minimum absolute atomic E-state index is 0.0279. The highest BCUT2D eigenvalue weighted by Crippen LogP contribution is 2.47. The Kier molecular flexibility index (Phi) is 6.64. The Morgan fingerprint density at radius 2 is 1.83 bits per heavy atom. The van der Waals surface area contributed by atoms with Gasteiger partial charge in [-0.3, -0.25) is 4.90 Å². The van der Waals surface area contributed by atoms with E-state index in [1.54, 1.807) is 30.3 Å². The summed E-state index contributed by atoms with van der Waals surface area (Å²) in [5, 5.41) is 20.1. The van der Waals surface area contributed by atoms with Gasteiger partial charge in [0.05, 0.1) is 0 Å². The van der Waals surface area contributed by atoms with Crippen LogP contribution in [0, 0.1) is 0 Å². The van der Waals surface area contributed by atoms with Gasteiger partial charge < -0.3 is 19.7 Å². The third kappa shape index (κ3) is 4.84. The van der Waals surface area contributed by atoms with Crippen molar-refractivity contribution in [1.82, 2.24) is 4.90 Å². The van der Waals surface area contributed by atoms with Crippen LogP contribution in [-0.4, -0.2) is 47.5 Å². The first kappa shape index (κ1) is 23.2. The van der Waals surface area contributed by atoms with Crippen LogP contribution in [0.15, 0.2) is 66.7 Å². The van der Waals surface area contributed by atoms with Gasteiger partial charge in [-0.1, -0.05) is 24.3 Å². The lowest BCUT2D eigenvalue weighted by Gasteiger charge is -2.31. The van der Waals surface area contributed by atoms with Gasteiger partial charge in [-0.15, -0.1) is 0 Å². The van der Waals surface area contributed by atoms with E-state index in [2.05, 4.69) is 4.90 Å².